The highest BCUT2D eigenvalue weighted by molar-refractivity contribution is 5.25. The molecule has 2 N–H and O–H groups in total. The van der Waals surface area contributed by atoms with Crippen LogP contribution in [0.3, 0.4) is 0 Å². The number of aromatic hydroxyl groups is 1. The lowest BCUT2D eigenvalue weighted by atomic mass is 9.82. The molecular formula is C14H23NO. The molecule has 2 nitrogen and oxygen atoms in total. The SMILES string of the molecule is CC(CNCc1ccc(O)cc1)C(C)(C)C. The van der Waals surface area contributed by atoms with E-state index in [9.17, 15) is 0 Å². The van der Waals surface area contributed by atoms with Gasteiger partial charge in [0.25, 0.3) is 0 Å². The van der Waals surface area contributed by atoms with Gasteiger partial charge >= 0.3 is 0 Å². The summed E-state index contributed by atoms with van der Waals surface area (Å²) in [6, 6.07) is 7.35. The van der Waals surface area contributed by atoms with Gasteiger partial charge < -0.3 is 10.4 Å². The van der Waals surface area contributed by atoms with Gasteiger partial charge in [-0.2, -0.15) is 0 Å². The standard InChI is InChI=1S/C14H23NO/c1-11(14(2,3)4)9-15-10-12-5-7-13(16)8-6-12/h5-8,11,15-16H,9-10H2,1-4H3. The molecule has 90 valence electrons. The maximum Gasteiger partial charge on any atom is 0.115 e. The molecular weight excluding hydrogens is 198 g/mol. The molecule has 0 fully saturated rings. The highest BCUT2D eigenvalue weighted by Gasteiger charge is 2.18. The summed E-state index contributed by atoms with van der Waals surface area (Å²) in [6.07, 6.45) is 0. The maximum atomic E-state index is 9.16. The third-order valence-corrected chi connectivity index (χ3v) is 3.19. The molecule has 0 radical (unpaired) electrons. The van der Waals surface area contributed by atoms with E-state index in [0.29, 0.717) is 17.1 Å². The first-order chi connectivity index (χ1) is 7.39. The summed E-state index contributed by atoms with van der Waals surface area (Å²) < 4.78 is 0. The Kier molecular flexibility index (Phi) is 4.36. The maximum absolute atomic E-state index is 9.16. The average Bonchev–Trinajstić information content (AvgIpc) is 2.19. The van der Waals surface area contributed by atoms with Gasteiger partial charge in [-0.1, -0.05) is 39.8 Å². The molecule has 2 heteroatoms. The van der Waals surface area contributed by atoms with E-state index >= 15 is 0 Å². The molecule has 0 aliphatic rings. The van der Waals surface area contributed by atoms with Crippen molar-refractivity contribution in [2.75, 3.05) is 6.54 Å². The summed E-state index contributed by atoms with van der Waals surface area (Å²) in [5.41, 5.74) is 1.56. The molecule has 1 atom stereocenters. The molecule has 0 aliphatic carbocycles. The first kappa shape index (κ1) is 13.0. The molecule has 1 unspecified atom stereocenters. The minimum absolute atomic E-state index is 0.326. The summed E-state index contributed by atoms with van der Waals surface area (Å²) >= 11 is 0. The van der Waals surface area contributed by atoms with Gasteiger partial charge in [-0.25, -0.2) is 0 Å². The topological polar surface area (TPSA) is 32.3 Å². The second-order valence-electron chi connectivity index (χ2n) is 5.56. The summed E-state index contributed by atoms with van der Waals surface area (Å²) in [6.45, 7) is 10.9. The molecule has 1 aromatic rings. The van der Waals surface area contributed by atoms with E-state index in [2.05, 4.69) is 33.0 Å². The monoisotopic (exact) mass is 221 g/mol. The van der Waals surface area contributed by atoms with Crippen LogP contribution < -0.4 is 5.32 Å². The Hall–Kier alpha value is -1.02. The zero-order valence-corrected chi connectivity index (χ0v) is 10.7. The van der Waals surface area contributed by atoms with Gasteiger partial charge in [0.15, 0.2) is 0 Å². The molecule has 0 heterocycles. The largest absolute Gasteiger partial charge is 0.508 e. The molecule has 0 amide bonds. The Labute approximate surface area is 98.7 Å². The van der Waals surface area contributed by atoms with Crippen molar-refractivity contribution in [1.82, 2.24) is 5.32 Å². The quantitative estimate of drug-likeness (QED) is 0.818. The van der Waals surface area contributed by atoms with E-state index in [1.54, 1.807) is 12.1 Å². The highest BCUT2D eigenvalue weighted by Crippen LogP contribution is 2.24. The molecule has 1 rings (SSSR count). The van der Waals surface area contributed by atoms with E-state index in [4.69, 9.17) is 5.11 Å². The predicted molar refractivity (Wildman–Crippen MR) is 68.4 cm³/mol. The second kappa shape index (κ2) is 5.35. The molecule has 0 aliphatic heterocycles. The van der Waals surface area contributed by atoms with E-state index < -0.39 is 0 Å². The lowest BCUT2D eigenvalue weighted by Crippen LogP contribution is -2.29. The van der Waals surface area contributed by atoms with Crippen LogP contribution in [-0.2, 0) is 6.54 Å². The van der Waals surface area contributed by atoms with Crippen molar-refractivity contribution in [3.05, 3.63) is 29.8 Å². The van der Waals surface area contributed by atoms with Crippen molar-refractivity contribution in [1.29, 1.82) is 0 Å². The Morgan fingerprint density at radius 3 is 2.25 bits per heavy atom. The summed E-state index contributed by atoms with van der Waals surface area (Å²) in [5.74, 6) is 0.969. The summed E-state index contributed by atoms with van der Waals surface area (Å²) in [7, 11) is 0. The van der Waals surface area contributed by atoms with Gasteiger partial charge in [0.1, 0.15) is 5.75 Å². The van der Waals surface area contributed by atoms with Gasteiger partial charge in [-0.3, -0.25) is 0 Å². The number of hydrogen-bond donors (Lipinski definition) is 2. The Bertz CT molecular complexity index is 311. The number of nitrogens with one attached hydrogen (secondary N) is 1. The first-order valence-electron chi connectivity index (χ1n) is 5.88. The van der Waals surface area contributed by atoms with Crippen LogP contribution in [0.1, 0.15) is 33.3 Å². The molecule has 0 spiro atoms. The number of phenols is 1. The zero-order chi connectivity index (χ0) is 12.2. The van der Waals surface area contributed by atoms with Crippen LogP contribution in [0.2, 0.25) is 0 Å². The molecule has 0 saturated carbocycles. The number of phenolic OH excluding ortho intramolecular Hbond substituents is 1. The zero-order valence-electron chi connectivity index (χ0n) is 10.7. The van der Waals surface area contributed by atoms with Crippen molar-refractivity contribution >= 4 is 0 Å². The Balaban J connectivity index is 2.33. The highest BCUT2D eigenvalue weighted by atomic mass is 16.3. The Morgan fingerprint density at radius 2 is 1.75 bits per heavy atom. The van der Waals surface area contributed by atoms with Gasteiger partial charge in [-0.05, 0) is 35.6 Å². The smallest absolute Gasteiger partial charge is 0.115 e. The lowest BCUT2D eigenvalue weighted by Gasteiger charge is -2.27. The fraction of sp³-hybridized carbons (Fsp3) is 0.571. The first-order valence-corrected chi connectivity index (χ1v) is 5.88. The average molecular weight is 221 g/mol. The number of benzene rings is 1. The minimum atomic E-state index is 0.326. The van der Waals surface area contributed by atoms with Crippen LogP contribution in [0, 0.1) is 11.3 Å². The lowest BCUT2D eigenvalue weighted by molar-refractivity contribution is 0.252. The van der Waals surface area contributed by atoms with Crippen molar-refractivity contribution in [2.24, 2.45) is 11.3 Å². The third-order valence-electron chi connectivity index (χ3n) is 3.19. The molecule has 0 bridgehead atoms. The van der Waals surface area contributed by atoms with E-state index in [1.165, 1.54) is 5.56 Å². The van der Waals surface area contributed by atoms with Gasteiger partial charge in [0, 0.05) is 6.54 Å². The van der Waals surface area contributed by atoms with Crippen LogP contribution in [0.15, 0.2) is 24.3 Å². The van der Waals surface area contributed by atoms with E-state index in [1.807, 2.05) is 12.1 Å². The van der Waals surface area contributed by atoms with Gasteiger partial charge in [0.05, 0.1) is 0 Å². The van der Waals surface area contributed by atoms with Crippen LogP contribution >= 0.6 is 0 Å². The number of hydrogen-bond acceptors (Lipinski definition) is 2. The van der Waals surface area contributed by atoms with Crippen LogP contribution in [0.4, 0.5) is 0 Å². The normalized spacial score (nSPS) is 13.8. The van der Waals surface area contributed by atoms with Crippen LogP contribution in [0.25, 0.3) is 0 Å². The predicted octanol–water partition coefficient (Wildman–Crippen LogP) is 3.16. The van der Waals surface area contributed by atoms with E-state index in [0.717, 1.165) is 13.1 Å². The molecule has 0 saturated heterocycles. The fourth-order valence-corrected chi connectivity index (χ4v) is 1.35. The summed E-state index contributed by atoms with van der Waals surface area (Å²) in [5, 5.41) is 12.6. The van der Waals surface area contributed by atoms with Crippen LogP contribution in [-0.4, -0.2) is 11.7 Å². The number of rotatable bonds is 4. The molecule has 0 aromatic heterocycles. The van der Waals surface area contributed by atoms with Gasteiger partial charge in [-0.15, -0.1) is 0 Å². The van der Waals surface area contributed by atoms with Crippen LogP contribution in [0.5, 0.6) is 5.75 Å². The molecule has 1 aromatic carbocycles. The summed E-state index contributed by atoms with van der Waals surface area (Å²) in [4.78, 5) is 0. The van der Waals surface area contributed by atoms with Crippen molar-refractivity contribution in [3.63, 3.8) is 0 Å². The van der Waals surface area contributed by atoms with Crippen molar-refractivity contribution < 1.29 is 5.11 Å². The third kappa shape index (κ3) is 4.23. The van der Waals surface area contributed by atoms with Crippen molar-refractivity contribution in [3.8, 4) is 5.75 Å². The minimum Gasteiger partial charge on any atom is -0.508 e. The van der Waals surface area contributed by atoms with E-state index in [-0.39, 0.29) is 0 Å². The fourth-order valence-electron chi connectivity index (χ4n) is 1.35. The second-order valence-corrected chi connectivity index (χ2v) is 5.56. The van der Waals surface area contributed by atoms with Crippen molar-refractivity contribution in [2.45, 2.75) is 34.2 Å². The molecule has 16 heavy (non-hydrogen) atoms. The van der Waals surface area contributed by atoms with Gasteiger partial charge in [0.2, 0.25) is 0 Å². The Morgan fingerprint density at radius 1 is 1.19 bits per heavy atom.